The Labute approximate surface area is 326 Å². The van der Waals surface area contributed by atoms with Gasteiger partial charge in [-0.05, 0) is 53.9 Å². The van der Waals surface area contributed by atoms with Gasteiger partial charge in [-0.25, -0.2) is 0 Å². The van der Waals surface area contributed by atoms with Crippen molar-refractivity contribution in [2.24, 2.45) is 0 Å². The number of amides is 1. The van der Waals surface area contributed by atoms with Crippen LogP contribution < -0.4 is 0 Å². The molecule has 0 bridgehead atoms. The molecule has 53 heavy (non-hydrogen) atoms. The van der Waals surface area contributed by atoms with Crippen LogP contribution in [-0.2, 0) is 28.7 Å². The highest BCUT2D eigenvalue weighted by Gasteiger charge is 2.15. The van der Waals surface area contributed by atoms with E-state index in [2.05, 4.69) is 13.8 Å². The normalized spacial score (nSPS) is 11.0. The summed E-state index contributed by atoms with van der Waals surface area (Å²) in [7, 11) is 7.19. The monoisotopic (exact) mass is 756 g/mol. The molecule has 1 amide bonds. The van der Waals surface area contributed by atoms with Crippen molar-refractivity contribution in [3.63, 3.8) is 0 Å². The highest BCUT2D eigenvalue weighted by atomic mass is 16.5. The van der Waals surface area contributed by atoms with Gasteiger partial charge in [0.1, 0.15) is 0 Å². The number of hydrogen-bond acceptors (Lipinski definition) is 8. The lowest BCUT2D eigenvalue weighted by atomic mass is 10.0. The lowest BCUT2D eigenvalue weighted by Crippen LogP contribution is -2.39. The van der Waals surface area contributed by atoms with Crippen molar-refractivity contribution < 1.29 is 33.8 Å². The summed E-state index contributed by atoms with van der Waals surface area (Å²) >= 11 is 0. The molecule has 0 fully saturated rings. The third kappa shape index (κ3) is 44.1. The summed E-state index contributed by atoms with van der Waals surface area (Å²) in [5, 5.41) is 8.04. The van der Waals surface area contributed by atoms with Gasteiger partial charge in [-0.2, -0.15) is 0 Å². The molecular formula is C43H85N3O7. The number of nitrogens with zero attached hydrogens (tertiary/aromatic N) is 3. The molecule has 1 N–H and O–H groups in total. The van der Waals surface area contributed by atoms with Crippen LogP contribution in [0.15, 0.2) is 0 Å². The van der Waals surface area contributed by atoms with Crippen molar-refractivity contribution in [3.8, 4) is 0 Å². The topological polar surface area (TPSA) is 117 Å². The quantitative estimate of drug-likeness (QED) is 0.0489. The van der Waals surface area contributed by atoms with Gasteiger partial charge in [0.25, 0.3) is 0 Å². The van der Waals surface area contributed by atoms with Crippen molar-refractivity contribution in [2.75, 3.05) is 67.6 Å². The van der Waals surface area contributed by atoms with Crippen LogP contribution in [0.4, 0.5) is 0 Å². The van der Waals surface area contributed by atoms with E-state index in [-0.39, 0.29) is 24.4 Å². The molecular weight excluding hydrogens is 670 g/mol. The van der Waals surface area contributed by atoms with Crippen LogP contribution in [0.3, 0.4) is 0 Å². The smallest absolute Gasteiger partial charge is 0.317 e. The first-order chi connectivity index (χ1) is 25.5. The maximum Gasteiger partial charge on any atom is 0.317 e. The maximum absolute atomic E-state index is 12.7. The summed E-state index contributed by atoms with van der Waals surface area (Å²) < 4.78 is 10.9. The van der Waals surface area contributed by atoms with Crippen LogP contribution in [0.25, 0.3) is 0 Å². The minimum absolute atomic E-state index is 0.0418. The Morgan fingerprint density at radius 2 is 0.736 bits per heavy atom. The predicted molar refractivity (Wildman–Crippen MR) is 219 cm³/mol. The SMILES string of the molecule is CCCCCCCCCCCCCCC(=O)OCCCN(CCCOC(=O)CCCCCCCCCCCCC)C(=O)CN(C)C.CN(C)CC(=O)O. The number of unbranched alkanes of at least 4 members (excludes halogenated alkanes) is 21. The van der Waals surface area contributed by atoms with Crippen LogP contribution in [0, 0.1) is 0 Å². The maximum atomic E-state index is 12.7. The van der Waals surface area contributed by atoms with E-state index < -0.39 is 5.97 Å². The van der Waals surface area contributed by atoms with Gasteiger partial charge in [-0.3, -0.25) is 24.1 Å². The van der Waals surface area contributed by atoms with Crippen molar-refractivity contribution in [2.45, 2.75) is 187 Å². The average Bonchev–Trinajstić information content (AvgIpc) is 3.09. The number of carbonyl (C=O) groups excluding carboxylic acids is 3. The molecule has 0 aromatic heterocycles. The molecule has 10 nitrogen and oxygen atoms in total. The van der Waals surface area contributed by atoms with Gasteiger partial charge in [-0.15, -0.1) is 0 Å². The number of hydrogen-bond donors (Lipinski definition) is 1. The van der Waals surface area contributed by atoms with Crippen LogP contribution >= 0.6 is 0 Å². The molecule has 0 unspecified atom stereocenters. The Kier molecular flexibility index (Phi) is 40.9. The van der Waals surface area contributed by atoms with Crippen molar-refractivity contribution >= 4 is 23.8 Å². The molecule has 0 heterocycles. The summed E-state index contributed by atoms with van der Waals surface area (Å²) in [6, 6.07) is 0. The van der Waals surface area contributed by atoms with Gasteiger partial charge in [0, 0.05) is 25.9 Å². The van der Waals surface area contributed by atoms with Crippen molar-refractivity contribution in [1.29, 1.82) is 0 Å². The zero-order chi connectivity index (χ0) is 39.8. The van der Waals surface area contributed by atoms with Crippen LogP contribution in [0.2, 0.25) is 0 Å². The first kappa shape index (κ1) is 52.9. The van der Waals surface area contributed by atoms with Crippen LogP contribution in [-0.4, -0.2) is 111 Å². The summed E-state index contributed by atoms with van der Waals surface area (Å²) in [5.74, 6) is -1.02. The highest BCUT2D eigenvalue weighted by Crippen LogP contribution is 2.14. The van der Waals surface area contributed by atoms with Gasteiger partial charge >= 0.3 is 17.9 Å². The second kappa shape index (κ2) is 41.0. The number of likely N-dealkylation sites (N-methyl/N-ethyl adjacent to an activating group) is 2. The Hall–Kier alpha value is -2.20. The Bertz CT molecular complexity index is 854. The second-order valence-corrected chi connectivity index (χ2v) is 15.3. The summed E-state index contributed by atoms with van der Waals surface area (Å²) in [6.07, 6.45) is 31.3. The lowest BCUT2D eigenvalue weighted by Gasteiger charge is -2.24. The van der Waals surface area contributed by atoms with E-state index in [1.807, 2.05) is 19.0 Å². The minimum Gasteiger partial charge on any atom is -0.480 e. The van der Waals surface area contributed by atoms with E-state index in [1.54, 1.807) is 23.9 Å². The van der Waals surface area contributed by atoms with E-state index in [0.717, 1.165) is 25.7 Å². The summed E-state index contributed by atoms with van der Waals surface area (Å²) in [6.45, 7) is 6.68. The molecule has 10 heteroatoms. The van der Waals surface area contributed by atoms with E-state index in [4.69, 9.17) is 14.6 Å². The molecule has 0 atom stereocenters. The fraction of sp³-hybridized carbons (Fsp3) is 0.907. The predicted octanol–water partition coefficient (Wildman–Crippen LogP) is 9.67. The van der Waals surface area contributed by atoms with Gasteiger partial charge in [0.05, 0.1) is 26.3 Å². The van der Waals surface area contributed by atoms with Gasteiger partial charge in [0.2, 0.25) is 5.91 Å². The number of carboxylic acid groups (broad SMARTS) is 1. The van der Waals surface area contributed by atoms with E-state index in [9.17, 15) is 19.2 Å². The highest BCUT2D eigenvalue weighted by molar-refractivity contribution is 5.78. The van der Waals surface area contributed by atoms with E-state index in [1.165, 1.54) is 122 Å². The fourth-order valence-electron chi connectivity index (χ4n) is 6.07. The zero-order valence-corrected chi connectivity index (χ0v) is 35.6. The molecule has 0 aliphatic rings. The first-order valence-corrected chi connectivity index (χ1v) is 21.6. The van der Waals surface area contributed by atoms with Crippen LogP contribution in [0.1, 0.15) is 187 Å². The number of carbonyl (C=O) groups is 4. The third-order valence-electron chi connectivity index (χ3n) is 9.15. The fourth-order valence-corrected chi connectivity index (χ4v) is 6.07. The Morgan fingerprint density at radius 1 is 0.434 bits per heavy atom. The standard InChI is InChI=1S/C39H76N2O5.C4H9NO2/c1-5-7-9-11-13-15-17-19-21-23-25-27-31-39(44)46-35-29-33-41(37(42)36-40(3)4)32-28-34-45-38(43)30-26-24-22-20-18-16-14-12-10-8-6-2;1-5(2)3-4(6)7/h5-36H2,1-4H3;3H2,1-2H3,(H,6,7). The first-order valence-electron chi connectivity index (χ1n) is 21.6. The zero-order valence-electron chi connectivity index (χ0n) is 35.6. The number of ether oxygens (including phenoxy) is 2. The summed E-state index contributed by atoms with van der Waals surface area (Å²) in [4.78, 5) is 52.1. The second-order valence-electron chi connectivity index (χ2n) is 15.3. The molecule has 0 aromatic carbocycles. The molecule has 0 saturated carbocycles. The number of esters is 2. The Morgan fingerprint density at radius 3 is 1.00 bits per heavy atom. The molecule has 0 aliphatic heterocycles. The third-order valence-corrected chi connectivity index (χ3v) is 9.15. The van der Waals surface area contributed by atoms with Gasteiger partial charge < -0.3 is 24.4 Å². The molecule has 0 radical (unpaired) electrons. The molecule has 0 saturated heterocycles. The van der Waals surface area contributed by atoms with Crippen molar-refractivity contribution in [3.05, 3.63) is 0 Å². The molecule has 0 rings (SSSR count). The molecule has 314 valence electrons. The van der Waals surface area contributed by atoms with E-state index >= 15 is 0 Å². The average molecular weight is 756 g/mol. The lowest BCUT2D eigenvalue weighted by molar-refractivity contribution is -0.144. The number of rotatable bonds is 37. The minimum atomic E-state index is -0.787. The molecule has 0 spiro atoms. The Balaban J connectivity index is 0. The largest absolute Gasteiger partial charge is 0.480 e. The van der Waals surface area contributed by atoms with E-state index in [0.29, 0.717) is 58.5 Å². The summed E-state index contributed by atoms with van der Waals surface area (Å²) in [5.41, 5.74) is 0. The number of carboxylic acids is 1. The number of aliphatic carboxylic acids is 1. The van der Waals surface area contributed by atoms with Gasteiger partial charge in [-0.1, -0.05) is 149 Å². The van der Waals surface area contributed by atoms with Crippen LogP contribution in [0.5, 0.6) is 0 Å². The van der Waals surface area contributed by atoms with Crippen molar-refractivity contribution in [1.82, 2.24) is 14.7 Å². The molecule has 0 aromatic rings. The van der Waals surface area contributed by atoms with Gasteiger partial charge in [0.15, 0.2) is 0 Å². The molecule has 0 aliphatic carbocycles.